The highest BCUT2D eigenvalue weighted by Gasteiger charge is 2.09. The summed E-state index contributed by atoms with van der Waals surface area (Å²) < 4.78 is 1.82. The molecule has 0 fully saturated rings. The summed E-state index contributed by atoms with van der Waals surface area (Å²) in [6.45, 7) is 2.41. The molecule has 0 aromatic carbocycles. The van der Waals surface area contributed by atoms with Crippen LogP contribution in [0.5, 0.6) is 0 Å². The second-order valence-corrected chi connectivity index (χ2v) is 3.71. The van der Waals surface area contributed by atoms with Crippen molar-refractivity contribution in [3.8, 4) is 0 Å². The normalized spacial score (nSPS) is 12.7. The molecule has 1 atom stereocenters. The summed E-state index contributed by atoms with van der Waals surface area (Å²) >= 11 is 0. The van der Waals surface area contributed by atoms with E-state index in [9.17, 15) is 4.79 Å². The monoisotopic (exact) mass is 209 g/mol. The number of aromatic nitrogens is 1. The fourth-order valence-electron chi connectivity index (χ4n) is 1.71. The minimum atomic E-state index is -0.311. The van der Waals surface area contributed by atoms with E-state index in [1.807, 2.05) is 30.1 Å². The zero-order valence-corrected chi connectivity index (χ0v) is 9.36. The molecule has 1 rings (SSSR count). The van der Waals surface area contributed by atoms with Gasteiger partial charge >= 0.3 is 0 Å². The quantitative estimate of drug-likeness (QED) is 0.735. The van der Waals surface area contributed by atoms with Crippen LogP contribution in [0.4, 0.5) is 0 Å². The molecule has 0 saturated carbocycles. The maximum Gasteiger partial charge on any atom is 0.237 e. The number of primary amides is 1. The first-order chi connectivity index (χ1) is 7.17. The van der Waals surface area contributed by atoms with Crippen LogP contribution in [0.1, 0.15) is 31.4 Å². The highest BCUT2D eigenvalue weighted by molar-refractivity contribution is 5.73. The maximum atomic E-state index is 10.7. The predicted molar refractivity (Wildman–Crippen MR) is 60.3 cm³/mol. The van der Waals surface area contributed by atoms with Gasteiger partial charge in [0.05, 0.1) is 0 Å². The minimum absolute atomic E-state index is 0.253. The lowest BCUT2D eigenvalue weighted by Crippen LogP contribution is -2.18. The Balaban J connectivity index is 2.68. The summed E-state index contributed by atoms with van der Waals surface area (Å²) in [5, 5.41) is 3.26. The molecule has 84 valence electrons. The second-order valence-electron chi connectivity index (χ2n) is 3.71. The fourth-order valence-corrected chi connectivity index (χ4v) is 1.71. The number of hydrogen-bond donors (Lipinski definition) is 2. The van der Waals surface area contributed by atoms with Crippen LogP contribution in [-0.2, 0) is 11.3 Å². The Hall–Kier alpha value is -1.29. The molecule has 4 nitrogen and oxygen atoms in total. The average Bonchev–Trinajstić information content (AvgIpc) is 2.61. The van der Waals surface area contributed by atoms with Crippen LogP contribution in [0.3, 0.4) is 0 Å². The summed E-state index contributed by atoms with van der Waals surface area (Å²) in [6.07, 6.45) is 6.09. The third-order valence-electron chi connectivity index (χ3n) is 2.44. The van der Waals surface area contributed by atoms with Crippen LogP contribution >= 0.6 is 0 Å². The maximum absolute atomic E-state index is 10.7. The molecule has 0 aliphatic rings. The molecule has 1 heterocycles. The van der Waals surface area contributed by atoms with E-state index in [1.165, 1.54) is 5.56 Å². The molecule has 1 aromatic heterocycles. The summed E-state index contributed by atoms with van der Waals surface area (Å²) in [6, 6.07) is 2.39. The minimum Gasteiger partial charge on any atom is -0.368 e. The van der Waals surface area contributed by atoms with Gasteiger partial charge in [0.1, 0.15) is 6.54 Å². The van der Waals surface area contributed by atoms with Gasteiger partial charge < -0.3 is 15.6 Å². The van der Waals surface area contributed by atoms with Gasteiger partial charge in [-0.1, -0.05) is 13.3 Å². The van der Waals surface area contributed by atoms with Crippen molar-refractivity contribution in [2.45, 2.75) is 32.4 Å². The van der Waals surface area contributed by atoms with Crippen molar-refractivity contribution in [1.29, 1.82) is 0 Å². The number of nitrogens with one attached hydrogen (secondary N) is 1. The van der Waals surface area contributed by atoms with Crippen LogP contribution in [-0.4, -0.2) is 17.5 Å². The Bertz CT molecular complexity index is 319. The smallest absolute Gasteiger partial charge is 0.237 e. The topological polar surface area (TPSA) is 60.1 Å². The van der Waals surface area contributed by atoms with Gasteiger partial charge in [0, 0.05) is 18.4 Å². The van der Waals surface area contributed by atoms with Crippen LogP contribution in [0, 0.1) is 0 Å². The van der Waals surface area contributed by atoms with Crippen molar-refractivity contribution in [3.05, 3.63) is 24.0 Å². The summed E-state index contributed by atoms with van der Waals surface area (Å²) in [4.78, 5) is 10.7. The molecule has 4 heteroatoms. The predicted octanol–water partition coefficient (Wildman–Crippen LogP) is 1.03. The van der Waals surface area contributed by atoms with E-state index in [0.29, 0.717) is 6.04 Å². The number of carbonyl (C=O) groups is 1. The lowest BCUT2D eigenvalue weighted by atomic mass is 10.1. The molecule has 0 radical (unpaired) electrons. The largest absolute Gasteiger partial charge is 0.368 e. The van der Waals surface area contributed by atoms with Crippen molar-refractivity contribution in [1.82, 2.24) is 9.88 Å². The number of nitrogens with zero attached hydrogens (tertiary/aromatic N) is 1. The highest BCUT2D eigenvalue weighted by Crippen LogP contribution is 2.18. The van der Waals surface area contributed by atoms with E-state index in [4.69, 9.17) is 5.73 Å². The van der Waals surface area contributed by atoms with Crippen LogP contribution < -0.4 is 11.1 Å². The Morgan fingerprint density at radius 3 is 2.93 bits per heavy atom. The molecule has 15 heavy (non-hydrogen) atoms. The Morgan fingerprint density at radius 1 is 1.67 bits per heavy atom. The van der Waals surface area contributed by atoms with Gasteiger partial charge in [-0.05, 0) is 25.1 Å². The zero-order valence-electron chi connectivity index (χ0n) is 9.36. The lowest BCUT2D eigenvalue weighted by Gasteiger charge is -2.13. The van der Waals surface area contributed by atoms with Crippen molar-refractivity contribution in [3.63, 3.8) is 0 Å². The van der Waals surface area contributed by atoms with E-state index in [-0.39, 0.29) is 12.5 Å². The van der Waals surface area contributed by atoms with Gasteiger partial charge in [0.2, 0.25) is 5.91 Å². The van der Waals surface area contributed by atoms with Gasteiger partial charge in [0.15, 0.2) is 0 Å². The Morgan fingerprint density at radius 2 is 2.40 bits per heavy atom. The molecule has 0 aliphatic heterocycles. The molecular weight excluding hydrogens is 190 g/mol. The fraction of sp³-hybridized carbons (Fsp3) is 0.545. The number of rotatable bonds is 6. The number of nitrogens with two attached hydrogens (primary N) is 1. The molecule has 1 unspecified atom stereocenters. The molecule has 0 saturated heterocycles. The average molecular weight is 209 g/mol. The number of carbonyl (C=O) groups excluding carboxylic acids is 1. The zero-order chi connectivity index (χ0) is 11.3. The van der Waals surface area contributed by atoms with E-state index in [2.05, 4.69) is 12.2 Å². The van der Waals surface area contributed by atoms with Crippen LogP contribution in [0.2, 0.25) is 0 Å². The van der Waals surface area contributed by atoms with Crippen LogP contribution in [0.15, 0.2) is 18.5 Å². The first-order valence-corrected chi connectivity index (χ1v) is 5.28. The highest BCUT2D eigenvalue weighted by atomic mass is 16.1. The molecule has 1 aromatic rings. The van der Waals surface area contributed by atoms with Crippen molar-refractivity contribution in [2.24, 2.45) is 5.73 Å². The molecule has 0 bridgehead atoms. The standard InChI is InChI=1S/C11H19N3O/c1-3-4-10(13-2)9-5-6-14(7-9)8-11(12)15/h5-7,10,13H,3-4,8H2,1-2H3,(H2,12,15). The van der Waals surface area contributed by atoms with Gasteiger partial charge in [-0.2, -0.15) is 0 Å². The third-order valence-corrected chi connectivity index (χ3v) is 2.44. The first kappa shape index (κ1) is 11.8. The SMILES string of the molecule is CCCC(NC)c1ccn(CC(N)=O)c1. The first-order valence-electron chi connectivity index (χ1n) is 5.28. The van der Waals surface area contributed by atoms with E-state index >= 15 is 0 Å². The van der Waals surface area contributed by atoms with Crippen molar-refractivity contribution >= 4 is 5.91 Å². The van der Waals surface area contributed by atoms with Gasteiger partial charge in [-0.25, -0.2) is 0 Å². The summed E-state index contributed by atoms with van der Waals surface area (Å²) in [5.41, 5.74) is 6.33. The van der Waals surface area contributed by atoms with E-state index in [1.54, 1.807) is 0 Å². The molecule has 1 amide bonds. The summed E-state index contributed by atoms with van der Waals surface area (Å²) in [7, 11) is 1.95. The lowest BCUT2D eigenvalue weighted by molar-refractivity contribution is -0.118. The van der Waals surface area contributed by atoms with E-state index in [0.717, 1.165) is 12.8 Å². The van der Waals surface area contributed by atoms with Crippen molar-refractivity contribution in [2.75, 3.05) is 7.05 Å². The number of hydrogen-bond acceptors (Lipinski definition) is 2. The van der Waals surface area contributed by atoms with Gasteiger partial charge in [-0.15, -0.1) is 0 Å². The van der Waals surface area contributed by atoms with E-state index < -0.39 is 0 Å². The Labute approximate surface area is 90.5 Å². The molecule has 3 N–H and O–H groups in total. The molecule has 0 spiro atoms. The third kappa shape index (κ3) is 3.40. The summed E-state index contributed by atoms with van der Waals surface area (Å²) in [5.74, 6) is -0.311. The van der Waals surface area contributed by atoms with Crippen molar-refractivity contribution < 1.29 is 4.79 Å². The molecular formula is C11H19N3O. The van der Waals surface area contributed by atoms with Gasteiger partial charge in [0.25, 0.3) is 0 Å². The molecule has 0 aliphatic carbocycles. The van der Waals surface area contributed by atoms with Gasteiger partial charge in [-0.3, -0.25) is 4.79 Å². The second kappa shape index (κ2) is 5.56. The Kier molecular flexibility index (Phi) is 4.37. The number of amides is 1. The van der Waals surface area contributed by atoms with Crippen LogP contribution in [0.25, 0.3) is 0 Å².